The number of aromatic nitrogens is 2. The summed E-state index contributed by atoms with van der Waals surface area (Å²) in [6.07, 6.45) is 0. The highest BCUT2D eigenvalue weighted by Gasteiger charge is 2.20. The van der Waals surface area contributed by atoms with E-state index in [-0.39, 0.29) is 35.0 Å². The summed E-state index contributed by atoms with van der Waals surface area (Å²) in [6, 6.07) is 20.9. The lowest BCUT2D eigenvalue weighted by atomic mass is 10.0. The third kappa shape index (κ3) is 4.09. The number of rotatable bonds is 5. The molecule has 0 saturated carbocycles. The van der Waals surface area contributed by atoms with Crippen LogP contribution in [0, 0.1) is 6.92 Å². The number of hydrogen-bond acceptors (Lipinski definition) is 7. The van der Waals surface area contributed by atoms with E-state index in [0.29, 0.717) is 27.3 Å². The minimum absolute atomic E-state index is 0.126. The monoisotopic (exact) mass is 472 g/mol. The van der Waals surface area contributed by atoms with Crippen LogP contribution in [0.25, 0.3) is 33.7 Å². The van der Waals surface area contributed by atoms with E-state index in [1.807, 2.05) is 30.3 Å². The number of halogens is 1. The van der Waals surface area contributed by atoms with Gasteiger partial charge in [0, 0.05) is 21.7 Å². The Balaban J connectivity index is 1.43. The molecule has 0 aliphatic rings. The fraction of sp³-hybridized carbons (Fsp3) is 0.0769. The van der Waals surface area contributed by atoms with Gasteiger partial charge in [0.15, 0.2) is 17.6 Å². The summed E-state index contributed by atoms with van der Waals surface area (Å²) in [5.74, 6) is 0.133. The van der Waals surface area contributed by atoms with Crippen LogP contribution in [0.2, 0.25) is 5.02 Å². The Hall–Kier alpha value is -4.23. The van der Waals surface area contributed by atoms with Gasteiger partial charge in [-0.15, -0.1) is 10.2 Å². The molecule has 168 valence electrons. The molecular weight excluding hydrogens is 456 g/mol. The maximum absolute atomic E-state index is 13.0. The zero-order valence-electron chi connectivity index (χ0n) is 17.9. The molecule has 8 heteroatoms. The van der Waals surface area contributed by atoms with Gasteiger partial charge >= 0.3 is 5.97 Å². The van der Waals surface area contributed by atoms with Crippen molar-refractivity contribution in [3.8, 4) is 22.8 Å². The second-order valence-corrected chi connectivity index (χ2v) is 7.95. The quantitative estimate of drug-likeness (QED) is 0.297. The lowest BCUT2D eigenvalue weighted by molar-refractivity contribution is 0.0439. The van der Waals surface area contributed by atoms with E-state index in [0.717, 1.165) is 5.56 Å². The molecule has 7 nitrogen and oxygen atoms in total. The number of esters is 1. The van der Waals surface area contributed by atoms with Gasteiger partial charge in [-0.2, -0.15) is 0 Å². The van der Waals surface area contributed by atoms with Crippen molar-refractivity contribution >= 4 is 28.5 Å². The number of hydrogen-bond donors (Lipinski definition) is 0. The molecule has 5 aromatic rings. The van der Waals surface area contributed by atoms with Crippen LogP contribution in [0.5, 0.6) is 0 Å². The van der Waals surface area contributed by atoms with Crippen molar-refractivity contribution in [1.82, 2.24) is 10.2 Å². The Morgan fingerprint density at radius 2 is 1.68 bits per heavy atom. The van der Waals surface area contributed by atoms with Gasteiger partial charge in [-0.3, -0.25) is 4.79 Å². The summed E-state index contributed by atoms with van der Waals surface area (Å²) in [7, 11) is 0. The van der Waals surface area contributed by atoms with Crippen LogP contribution in [0.1, 0.15) is 21.8 Å². The maximum Gasteiger partial charge on any atom is 0.342 e. The standard InChI is InChI=1S/C26H17ClN2O5/c1-15-22(30)19-8-5-9-20(24(19)34-23(15)16-6-3-2-4-7-16)26(31)32-14-21-28-29-25(33-21)17-10-12-18(27)13-11-17/h2-13H,14H2,1H3. The molecular formula is C26H17ClN2O5. The van der Waals surface area contributed by atoms with Gasteiger partial charge in [-0.25, -0.2) is 4.79 Å². The first-order chi connectivity index (χ1) is 16.5. The predicted molar refractivity (Wildman–Crippen MR) is 127 cm³/mol. The maximum atomic E-state index is 13.0. The Morgan fingerprint density at radius 1 is 0.912 bits per heavy atom. The highest BCUT2D eigenvalue weighted by molar-refractivity contribution is 6.30. The molecule has 0 aliphatic heterocycles. The van der Waals surface area contributed by atoms with Gasteiger partial charge in [0.1, 0.15) is 11.3 Å². The van der Waals surface area contributed by atoms with Gasteiger partial charge in [0.2, 0.25) is 5.89 Å². The largest absolute Gasteiger partial charge is 0.455 e. The van der Waals surface area contributed by atoms with Crippen LogP contribution in [0.15, 0.2) is 86.4 Å². The molecule has 2 heterocycles. The van der Waals surface area contributed by atoms with Crippen LogP contribution in [0.3, 0.4) is 0 Å². The zero-order chi connectivity index (χ0) is 23.7. The van der Waals surface area contributed by atoms with E-state index in [2.05, 4.69) is 10.2 Å². The Labute approximate surface area is 198 Å². The van der Waals surface area contributed by atoms with Crippen molar-refractivity contribution in [2.45, 2.75) is 13.5 Å². The lowest BCUT2D eigenvalue weighted by Crippen LogP contribution is -2.11. The molecule has 0 aliphatic carbocycles. The van der Waals surface area contributed by atoms with E-state index >= 15 is 0 Å². The number of fused-ring (bicyclic) bond motifs is 1. The molecule has 0 unspecified atom stereocenters. The highest BCUT2D eigenvalue weighted by Crippen LogP contribution is 2.28. The van der Waals surface area contributed by atoms with Gasteiger partial charge in [0.25, 0.3) is 5.89 Å². The first-order valence-electron chi connectivity index (χ1n) is 10.4. The molecule has 34 heavy (non-hydrogen) atoms. The molecule has 3 aromatic carbocycles. The average molecular weight is 473 g/mol. The molecule has 5 rings (SSSR count). The molecule has 0 saturated heterocycles. The van der Waals surface area contributed by atoms with Crippen molar-refractivity contribution < 1.29 is 18.4 Å². The SMILES string of the molecule is Cc1c(-c2ccccc2)oc2c(C(=O)OCc3nnc(-c4ccc(Cl)cc4)o3)cccc2c1=O. The summed E-state index contributed by atoms with van der Waals surface area (Å²) in [5, 5.41) is 8.78. The topological polar surface area (TPSA) is 95.4 Å². The Bertz CT molecular complexity index is 1560. The Morgan fingerprint density at radius 3 is 2.44 bits per heavy atom. The third-order valence-electron chi connectivity index (χ3n) is 5.29. The predicted octanol–water partition coefficient (Wildman–Crippen LogP) is 5.83. The second-order valence-electron chi connectivity index (χ2n) is 7.52. The number of carbonyl (C=O) groups is 1. The number of carbonyl (C=O) groups excluding carboxylic acids is 1. The molecule has 0 amide bonds. The molecule has 2 aromatic heterocycles. The van der Waals surface area contributed by atoms with Crippen LogP contribution in [-0.4, -0.2) is 16.2 Å². The van der Waals surface area contributed by atoms with Crippen molar-refractivity contribution in [2.24, 2.45) is 0 Å². The second kappa shape index (κ2) is 8.96. The third-order valence-corrected chi connectivity index (χ3v) is 5.54. The number of benzene rings is 3. The molecule has 0 radical (unpaired) electrons. The van der Waals surface area contributed by atoms with Gasteiger partial charge < -0.3 is 13.6 Å². The zero-order valence-corrected chi connectivity index (χ0v) is 18.7. The molecule has 0 fully saturated rings. The van der Waals surface area contributed by atoms with Crippen molar-refractivity contribution in [3.63, 3.8) is 0 Å². The summed E-state index contributed by atoms with van der Waals surface area (Å²) < 4.78 is 17.0. The fourth-order valence-electron chi connectivity index (χ4n) is 3.56. The first-order valence-corrected chi connectivity index (χ1v) is 10.8. The van der Waals surface area contributed by atoms with Gasteiger partial charge in [-0.05, 0) is 43.3 Å². The minimum Gasteiger partial charge on any atom is -0.455 e. The van der Waals surface area contributed by atoms with Gasteiger partial charge in [-0.1, -0.05) is 48.0 Å². The van der Waals surface area contributed by atoms with Gasteiger partial charge in [0.05, 0.1) is 5.39 Å². The number of para-hydroxylation sites is 1. The van der Waals surface area contributed by atoms with E-state index in [1.165, 1.54) is 0 Å². The molecule has 0 bridgehead atoms. The van der Waals surface area contributed by atoms with Crippen molar-refractivity contribution in [3.05, 3.63) is 105 Å². The van der Waals surface area contributed by atoms with Crippen LogP contribution in [-0.2, 0) is 11.3 Å². The summed E-state index contributed by atoms with van der Waals surface area (Å²) >= 11 is 5.90. The lowest BCUT2D eigenvalue weighted by Gasteiger charge is -2.10. The average Bonchev–Trinajstić information content (AvgIpc) is 3.34. The Kier molecular flexibility index (Phi) is 5.69. The summed E-state index contributed by atoms with van der Waals surface area (Å²) in [5.41, 5.74) is 1.97. The van der Waals surface area contributed by atoms with Crippen molar-refractivity contribution in [1.29, 1.82) is 0 Å². The fourth-order valence-corrected chi connectivity index (χ4v) is 3.69. The highest BCUT2D eigenvalue weighted by atomic mass is 35.5. The smallest absolute Gasteiger partial charge is 0.342 e. The molecule has 0 N–H and O–H groups in total. The van der Waals surface area contributed by atoms with E-state index in [9.17, 15) is 9.59 Å². The molecule has 0 spiro atoms. The van der Waals surface area contributed by atoms with E-state index < -0.39 is 5.97 Å². The summed E-state index contributed by atoms with van der Waals surface area (Å²) in [4.78, 5) is 25.9. The normalized spacial score (nSPS) is 11.0. The van der Waals surface area contributed by atoms with Crippen LogP contribution in [0.4, 0.5) is 0 Å². The number of nitrogens with zero attached hydrogens (tertiary/aromatic N) is 2. The number of ether oxygens (including phenoxy) is 1. The first kappa shape index (κ1) is 21.6. The van der Waals surface area contributed by atoms with E-state index in [1.54, 1.807) is 49.4 Å². The molecule has 0 atom stereocenters. The minimum atomic E-state index is -0.678. The van der Waals surface area contributed by atoms with E-state index in [4.69, 9.17) is 25.2 Å². The summed E-state index contributed by atoms with van der Waals surface area (Å²) in [6.45, 7) is 1.46. The van der Waals surface area contributed by atoms with Crippen molar-refractivity contribution in [2.75, 3.05) is 0 Å². The van der Waals surface area contributed by atoms with Crippen LogP contribution >= 0.6 is 11.6 Å². The van der Waals surface area contributed by atoms with Crippen LogP contribution < -0.4 is 5.43 Å².